The summed E-state index contributed by atoms with van der Waals surface area (Å²) in [5.74, 6) is 0. The highest BCUT2D eigenvalue weighted by atomic mass is 14.9. The van der Waals surface area contributed by atoms with Crippen molar-refractivity contribution in [3.63, 3.8) is 0 Å². The Balaban J connectivity index is 1.64. The van der Waals surface area contributed by atoms with Gasteiger partial charge in [0.25, 0.3) is 0 Å². The van der Waals surface area contributed by atoms with E-state index < -0.39 is 0 Å². The molecule has 0 spiro atoms. The van der Waals surface area contributed by atoms with E-state index in [-0.39, 0.29) is 0 Å². The zero-order valence-corrected chi connectivity index (χ0v) is 16.0. The fourth-order valence-electron chi connectivity index (χ4n) is 3.74. The molecule has 0 unspecified atom stereocenters. The SMILES string of the molecule is C(=C(Nc1cccc2ccccc12)c1ccc2ccccc2c1)c1ccccc1. The van der Waals surface area contributed by atoms with Gasteiger partial charge < -0.3 is 5.32 Å². The molecule has 0 aromatic heterocycles. The first-order valence-corrected chi connectivity index (χ1v) is 9.87. The van der Waals surface area contributed by atoms with E-state index in [0.29, 0.717) is 0 Å². The monoisotopic (exact) mass is 371 g/mol. The summed E-state index contributed by atoms with van der Waals surface area (Å²) in [7, 11) is 0. The van der Waals surface area contributed by atoms with Crippen LogP contribution in [-0.4, -0.2) is 0 Å². The molecule has 0 heterocycles. The maximum Gasteiger partial charge on any atom is 0.0464 e. The van der Waals surface area contributed by atoms with Gasteiger partial charge in [-0.05, 0) is 45.5 Å². The van der Waals surface area contributed by atoms with Gasteiger partial charge in [-0.3, -0.25) is 0 Å². The van der Waals surface area contributed by atoms with Crippen LogP contribution in [0.3, 0.4) is 0 Å². The number of benzene rings is 5. The van der Waals surface area contributed by atoms with Gasteiger partial charge in [-0.25, -0.2) is 0 Å². The first-order chi connectivity index (χ1) is 14.4. The van der Waals surface area contributed by atoms with E-state index in [4.69, 9.17) is 0 Å². The van der Waals surface area contributed by atoms with Gasteiger partial charge in [0.05, 0.1) is 0 Å². The molecule has 0 saturated carbocycles. The first kappa shape index (κ1) is 17.3. The minimum absolute atomic E-state index is 1.08. The lowest BCUT2D eigenvalue weighted by atomic mass is 10.0. The normalized spacial score (nSPS) is 11.7. The average molecular weight is 371 g/mol. The molecule has 5 aromatic carbocycles. The summed E-state index contributed by atoms with van der Waals surface area (Å²) in [6.45, 7) is 0. The summed E-state index contributed by atoms with van der Waals surface area (Å²) < 4.78 is 0. The van der Waals surface area contributed by atoms with Crippen LogP contribution in [-0.2, 0) is 0 Å². The molecule has 0 aliphatic heterocycles. The Morgan fingerprint density at radius 2 is 1.24 bits per heavy atom. The smallest absolute Gasteiger partial charge is 0.0464 e. The molecule has 0 bridgehead atoms. The maximum absolute atomic E-state index is 3.71. The van der Waals surface area contributed by atoms with Gasteiger partial charge >= 0.3 is 0 Å². The van der Waals surface area contributed by atoms with Crippen molar-refractivity contribution in [3.05, 3.63) is 126 Å². The number of hydrogen-bond donors (Lipinski definition) is 1. The second kappa shape index (κ2) is 7.65. The molecule has 0 amide bonds. The molecule has 0 fully saturated rings. The molecule has 0 atom stereocenters. The van der Waals surface area contributed by atoms with Crippen molar-refractivity contribution < 1.29 is 0 Å². The van der Waals surface area contributed by atoms with Crippen molar-refractivity contribution in [2.24, 2.45) is 0 Å². The van der Waals surface area contributed by atoms with Crippen LogP contribution in [0.4, 0.5) is 5.69 Å². The third kappa shape index (κ3) is 3.63. The lowest BCUT2D eigenvalue weighted by Crippen LogP contribution is -2.00. The zero-order valence-electron chi connectivity index (χ0n) is 16.0. The summed E-state index contributed by atoms with van der Waals surface area (Å²) in [6, 6.07) is 40.4. The van der Waals surface area contributed by atoms with E-state index in [1.54, 1.807) is 0 Å². The van der Waals surface area contributed by atoms with E-state index in [0.717, 1.165) is 11.4 Å². The van der Waals surface area contributed by atoms with E-state index in [1.165, 1.54) is 32.7 Å². The standard InChI is InChI=1S/C28H21N/c1-2-9-21(10-3-1)19-28(25-18-17-22-11-4-5-13-24(22)20-25)29-27-16-8-14-23-12-6-7-15-26(23)27/h1-20,29H. The Bertz CT molecular complexity index is 1310. The van der Waals surface area contributed by atoms with Gasteiger partial charge in [-0.15, -0.1) is 0 Å². The highest BCUT2D eigenvalue weighted by Gasteiger charge is 2.07. The third-order valence-corrected chi connectivity index (χ3v) is 5.23. The minimum Gasteiger partial charge on any atom is -0.355 e. The maximum atomic E-state index is 3.71. The Morgan fingerprint density at radius 3 is 2.10 bits per heavy atom. The van der Waals surface area contributed by atoms with Crippen LogP contribution in [0, 0.1) is 0 Å². The van der Waals surface area contributed by atoms with Crippen molar-refractivity contribution in [1.29, 1.82) is 0 Å². The van der Waals surface area contributed by atoms with E-state index in [1.807, 2.05) is 6.07 Å². The summed E-state index contributed by atoms with van der Waals surface area (Å²) in [6.07, 6.45) is 2.21. The summed E-state index contributed by atoms with van der Waals surface area (Å²) in [4.78, 5) is 0. The molecule has 0 aliphatic carbocycles. The van der Waals surface area contributed by atoms with Crippen molar-refractivity contribution in [2.45, 2.75) is 0 Å². The summed E-state index contributed by atoms with van der Waals surface area (Å²) >= 11 is 0. The van der Waals surface area contributed by atoms with Gasteiger partial charge in [0.2, 0.25) is 0 Å². The Morgan fingerprint density at radius 1 is 0.552 bits per heavy atom. The van der Waals surface area contributed by atoms with E-state index >= 15 is 0 Å². The lowest BCUT2D eigenvalue weighted by molar-refractivity contribution is 1.57. The lowest BCUT2D eigenvalue weighted by Gasteiger charge is -2.15. The molecule has 1 nitrogen and oxygen atoms in total. The number of rotatable bonds is 4. The van der Waals surface area contributed by atoms with E-state index in [2.05, 4.69) is 121 Å². The number of nitrogens with one attached hydrogen (secondary N) is 1. The molecule has 0 aliphatic rings. The molecule has 0 saturated heterocycles. The molecule has 1 heteroatoms. The highest BCUT2D eigenvalue weighted by molar-refractivity contribution is 6.00. The predicted molar refractivity (Wildman–Crippen MR) is 126 cm³/mol. The Hall–Kier alpha value is -3.84. The highest BCUT2D eigenvalue weighted by Crippen LogP contribution is 2.29. The molecule has 5 aromatic rings. The van der Waals surface area contributed by atoms with Gasteiger partial charge in [0.1, 0.15) is 0 Å². The van der Waals surface area contributed by atoms with Crippen LogP contribution < -0.4 is 5.32 Å². The van der Waals surface area contributed by atoms with Gasteiger partial charge in [0, 0.05) is 16.8 Å². The van der Waals surface area contributed by atoms with Crippen molar-refractivity contribution in [1.82, 2.24) is 0 Å². The van der Waals surface area contributed by atoms with E-state index in [9.17, 15) is 0 Å². The minimum atomic E-state index is 1.08. The van der Waals surface area contributed by atoms with Crippen LogP contribution >= 0.6 is 0 Å². The van der Waals surface area contributed by atoms with Crippen molar-refractivity contribution in [2.75, 3.05) is 5.32 Å². The van der Waals surface area contributed by atoms with Gasteiger partial charge in [-0.2, -0.15) is 0 Å². The molecular weight excluding hydrogens is 350 g/mol. The number of anilines is 1. The third-order valence-electron chi connectivity index (χ3n) is 5.23. The van der Waals surface area contributed by atoms with Crippen molar-refractivity contribution >= 4 is 39.0 Å². The van der Waals surface area contributed by atoms with Crippen molar-refractivity contribution in [3.8, 4) is 0 Å². The zero-order chi connectivity index (χ0) is 19.5. The van der Waals surface area contributed by atoms with Crippen LogP contribution in [0.2, 0.25) is 0 Å². The largest absolute Gasteiger partial charge is 0.355 e. The summed E-state index contributed by atoms with van der Waals surface area (Å²) in [5, 5.41) is 8.65. The second-order valence-corrected chi connectivity index (χ2v) is 7.18. The van der Waals surface area contributed by atoms with Crippen LogP contribution in [0.25, 0.3) is 33.3 Å². The average Bonchev–Trinajstić information content (AvgIpc) is 2.79. The molecule has 0 radical (unpaired) electrons. The molecule has 29 heavy (non-hydrogen) atoms. The topological polar surface area (TPSA) is 12.0 Å². The second-order valence-electron chi connectivity index (χ2n) is 7.18. The summed E-state index contributed by atoms with van der Waals surface area (Å²) in [5.41, 5.74) is 4.53. The predicted octanol–water partition coefficient (Wildman–Crippen LogP) is 7.60. The fraction of sp³-hybridized carbons (Fsp3) is 0. The molecule has 5 rings (SSSR count). The Kier molecular flexibility index (Phi) is 4.56. The molecule has 138 valence electrons. The van der Waals surface area contributed by atoms with Crippen LogP contribution in [0.15, 0.2) is 115 Å². The quantitative estimate of drug-likeness (QED) is 0.321. The van der Waals surface area contributed by atoms with Gasteiger partial charge in [0.15, 0.2) is 0 Å². The molecule has 1 N–H and O–H groups in total. The van der Waals surface area contributed by atoms with Crippen LogP contribution in [0.5, 0.6) is 0 Å². The number of fused-ring (bicyclic) bond motifs is 2. The first-order valence-electron chi connectivity index (χ1n) is 9.87. The molecular formula is C28H21N. The van der Waals surface area contributed by atoms with Gasteiger partial charge in [-0.1, -0.05) is 103 Å². The fourth-order valence-corrected chi connectivity index (χ4v) is 3.74. The number of hydrogen-bond acceptors (Lipinski definition) is 1. The van der Waals surface area contributed by atoms with Crippen LogP contribution in [0.1, 0.15) is 11.1 Å². The Labute approximate surface area is 170 Å².